The summed E-state index contributed by atoms with van der Waals surface area (Å²) in [5.41, 5.74) is 7.88. The Balaban J connectivity index is 2.93. The monoisotopic (exact) mass is 255 g/mol. The number of hydrogen-bond donors (Lipinski definition) is 1. The van der Waals surface area contributed by atoms with E-state index in [0.29, 0.717) is 5.75 Å². The number of rotatable bonds is 6. The fourth-order valence-electron chi connectivity index (χ4n) is 1.67. The summed E-state index contributed by atoms with van der Waals surface area (Å²) in [5, 5.41) is 0. The van der Waals surface area contributed by atoms with Crippen LogP contribution < -0.4 is 10.5 Å². The number of methoxy groups -OCH3 is 1. The van der Waals surface area contributed by atoms with E-state index in [9.17, 15) is 4.21 Å². The quantitative estimate of drug-likeness (QED) is 0.849. The second kappa shape index (κ2) is 6.77. The van der Waals surface area contributed by atoms with Crippen LogP contribution >= 0.6 is 0 Å². The van der Waals surface area contributed by atoms with Gasteiger partial charge >= 0.3 is 0 Å². The molecular formula is C13H21NO2S. The van der Waals surface area contributed by atoms with Crippen LogP contribution in [0.5, 0.6) is 5.75 Å². The molecule has 0 heterocycles. The van der Waals surface area contributed by atoms with Gasteiger partial charge < -0.3 is 10.5 Å². The molecule has 0 aliphatic rings. The van der Waals surface area contributed by atoms with Gasteiger partial charge in [-0.25, -0.2) is 0 Å². The number of benzene rings is 1. The van der Waals surface area contributed by atoms with E-state index in [1.807, 2.05) is 32.0 Å². The average Bonchev–Trinajstić information content (AvgIpc) is 2.29. The molecule has 1 aromatic carbocycles. The summed E-state index contributed by atoms with van der Waals surface area (Å²) in [7, 11) is 0.807. The van der Waals surface area contributed by atoms with Crippen LogP contribution in [0.3, 0.4) is 0 Å². The molecule has 2 unspecified atom stereocenters. The van der Waals surface area contributed by atoms with E-state index in [2.05, 4.69) is 0 Å². The van der Waals surface area contributed by atoms with E-state index in [1.54, 1.807) is 7.11 Å². The predicted octanol–water partition coefficient (Wildman–Crippen LogP) is 2.37. The highest BCUT2D eigenvalue weighted by Crippen LogP contribution is 2.24. The summed E-state index contributed by atoms with van der Waals surface area (Å²) in [4.78, 5) is 0. The van der Waals surface area contributed by atoms with Gasteiger partial charge in [0.2, 0.25) is 0 Å². The summed E-state index contributed by atoms with van der Waals surface area (Å²) < 4.78 is 17.1. The molecule has 0 aliphatic carbocycles. The van der Waals surface area contributed by atoms with Crippen molar-refractivity contribution in [3.05, 3.63) is 29.3 Å². The molecular weight excluding hydrogens is 234 g/mol. The highest BCUT2D eigenvalue weighted by Gasteiger charge is 2.09. The van der Waals surface area contributed by atoms with Gasteiger partial charge in [-0.15, -0.1) is 0 Å². The zero-order valence-corrected chi connectivity index (χ0v) is 11.5. The maximum atomic E-state index is 11.8. The first-order valence-corrected chi connectivity index (χ1v) is 7.34. The van der Waals surface area contributed by atoms with E-state index in [0.717, 1.165) is 29.1 Å². The molecule has 1 rings (SSSR count). The van der Waals surface area contributed by atoms with Crippen molar-refractivity contribution in [3.8, 4) is 5.75 Å². The lowest BCUT2D eigenvalue weighted by Gasteiger charge is -2.12. The van der Waals surface area contributed by atoms with Crippen molar-refractivity contribution in [3.63, 3.8) is 0 Å². The molecule has 1 aromatic rings. The Kier molecular flexibility index (Phi) is 5.65. The third-order valence-electron chi connectivity index (χ3n) is 2.58. The molecule has 0 saturated heterocycles. The fraction of sp³-hybridized carbons (Fsp3) is 0.538. The van der Waals surface area contributed by atoms with Crippen LogP contribution in [-0.2, 0) is 16.6 Å². The number of nitrogens with two attached hydrogens (primary N) is 1. The van der Waals surface area contributed by atoms with E-state index in [4.69, 9.17) is 10.5 Å². The zero-order valence-electron chi connectivity index (χ0n) is 10.7. The Morgan fingerprint density at radius 3 is 2.71 bits per heavy atom. The third-order valence-corrected chi connectivity index (χ3v) is 4.08. The minimum atomic E-state index is -0.825. The second-order valence-corrected chi connectivity index (χ2v) is 5.72. The molecule has 4 heteroatoms. The summed E-state index contributed by atoms with van der Waals surface area (Å²) >= 11 is 0. The Morgan fingerprint density at radius 2 is 2.18 bits per heavy atom. The molecule has 0 aromatic heterocycles. The lowest BCUT2D eigenvalue weighted by molar-refractivity contribution is 0.411. The van der Waals surface area contributed by atoms with Gasteiger partial charge in [-0.1, -0.05) is 13.0 Å². The van der Waals surface area contributed by atoms with Crippen molar-refractivity contribution >= 4 is 10.8 Å². The van der Waals surface area contributed by atoms with Gasteiger partial charge in [0.25, 0.3) is 0 Å². The predicted molar refractivity (Wildman–Crippen MR) is 72.6 cm³/mol. The zero-order chi connectivity index (χ0) is 12.8. The minimum absolute atomic E-state index is 0.0146. The van der Waals surface area contributed by atoms with Crippen LogP contribution in [0.1, 0.15) is 37.4 Å². The van der Waals surface area contributed by atoms with Gasteiger partial charge in [0, 0.05) is 28.2 Å². The first kappa shape index (κ1) is 14.2. The minimum Gasteiger partial charge on any atom is -0.496 e. The van der Waals surface area contributed by atoms with Crippen LogP contribution in [0.4, 0.5) is 0 Å². The highest BCUT2D eigenvalue weighted by atomic mass is 32.2. The van der Waals surface area contributed by atoms with Gasteiger partial charge in [0.05, 0.1) is 12.9 Å². The first-order chi connectivity index (χ1) is 8.08. The largest absolute Gasteiger partial charge is 0.496 e. The lowest BCUT2D eigenvalue weighted by Crippen LogP contribution is -2.07. The molecule has 96 valence electrons. The van der Waals surface area contributed by atoms with Crippen LogP contribution in [0.2, 0.25) is 0 Å². The molecule has 17 heavy (non-hydrogen) atoms. The van der Waals surface area contributed by atoms with Crippen molar-refractivity contribution in [1.29, 1.82) is 0 Å². The van der Waals surface area contributed by atoms with E-state index in [-0.39, 0.29) is 6.04 Å². The molecule has 0 aliphatic heterocycles. The Bertz CT molecular complexity index is 391. The molecule has 0 fully saturated rings. The van der Waals surface area contributed by atoms with Crippen molar-refractivity contribution < 1.29 is 8.95 Å². The van der Waals surface area contributed by atoms with Gasteiger partial charge in [-0.05, 0) is 31.0 Å². The van der Waals surface area contributed by atoms with Crippen LogP contribution in [-0.4, -0.2) is 17.1 Å². The molecule has 0 saturated carbocycles. The van der Waals surface area contributed by atoms with Gasteiger partial charge in [0.1, 0.15) is 5.75 Å². The van der Waals surface area contributed by atoms with Crippen LogP contribution in [0.15, 0.2) is 18.2 Å². The third kappa shape index (κ3) is 4.13. The number of hydrogen-bond acceptors (Lipinski definition) is 3. The molecule has 2 N–H and O–H groups in total. The average molecular weight is 255 g/mol. The topological polar surface area (TPSA) is 52.3 Å². The van der Waals surface area contributed by atoms with Crippen LogP contribution in [0, 0.1) is 0 Å². The van der Waals surface area contributed by atoms with Crippen molar-refractivity contribution in [2.45, 2.75) is 32.1 Å². The summed E-state index contributed by atoms with van der Waals surface area (Å²) in [5.74, 6) is 2.06. The number of ether oxygens (including phenoxy) is 1. The highest BCUT2D eigenvalue weighted by molar-refractivity contribution is 7.84. The molecule has 0 amide bonds. The Hall–Kier alpha value is -0.870. The molecule has 0 radical (unpaired) electrons. The normalized spacial score (nSPS) is 14.4. The van der Waals surface area contributed by atoms with Gasteiger partial charge in [-0.3, -0.25) is 4.21 Å². The molecule has 0 spiro atoms. The summed E-state index contributed by atoms with van der Waals surface area (Å²) in [6.07, 6.45) is 0.932. The van der Waals surface area contributed by atoms with Crippen molar-refractivity contribution in [2.75, 3.05) is 12.9 Å². The first-order valence-electron chi connectivity index (χ1n) is 5.85. The van der Waals surface area contributed by atoms with Crippen molar-refractivity contribution in [1.82, 2.24) is 0 Å². The molecule has 3 nitrogen and oxygen atoms in total. The molecule has 0 bridgehead atoms. The van der Waals surface area contributed by atoms with E-state index >= 15 is 0 Å². The van der Waals surface area contributed by atoms with Gasteiger partial charge in [0.15, 0.2) is 0 Å². The maximum Gasteiger partial charge on any atom is 0.123 e. The van der Waals surface area contributed by atoms with Gasteiger partial charge in [-0.2, -0.15) is 0 Å². The standard InChI is InChI=1S/C13H21NO2S/c1-4-7-17(15)9-12-8-11(10(2)14)5-6-13(12)16-3/h5-6,8,10H,4,7,9,14H2,1-3H3. The SMILES string of the molecule is CCCS(=O)Cc1cc(C(C)N)ccc1OC. The Labute approximate surface area is 106 Å². The summed E-state index contributed by atoms with van der Waals surface area (Å²) in [6, 6.07) is 5.84. The van der Waals surface area contributed by atoms with E-state index in [1.165, 1.54) is 0 Å². The summed E-state index contributed by atoms with van der Waals surface area (Å²) in [6.45, 7) is 3.97. The van der Waals surface area contributed by atoms with Crippen LogP contribution in [0.25, 0.3) is 0 Å². The van der Waals surface area contributed by atoms with Crippen molar-refractivity contribution in [2.24, 2.45) is 5.73 Å². The second-order valence-electron chi connectivity index (χ2n) is 4.15. The smallest absolute Gasteiger partial charge is 0.123 e. The maximum absolute atomic E-state index is 11.8. The molecule has 2 atom stereocenters. The fourth-order valence-corrected chi connectivity index (χ4v) is 2.84. The van der Waals surface area contributed by atoms with E-state index < -0.39 is 10.8 Å². The Morgan fingerprint density at radius 1 is 1.47 bits per heavy atom. The lowest BCUT2D eigenvalue weighted by atomic mass is 10.1.